The Morgan fingerprint density at radius 3 is 2.75 bits per heavy atom. The van der Waals surface area contributed by atoms with Crippen LogP contribution in [-0.4, -0.2) is 92.4 Å². The molecule has 44 heavy (non-hydrogen) atoms. The zero-order valence-corrected chi connectivity index (χ0v) is 25.1. The fraction of sp³-hybridized carbons (Fsp3) is 0.441. The van der Waals surface area contributed by atoms with Gasteiger partial charge in [0.05, 0.1) is 5.92 Å². The summed E-state index contributed by atoms with van der Waals surface area (Å²) in [7, 11) is 2.02. The molecule has 1 aromatic heterocycles. The quantitative estimate of drug-likeness (QED) is 0.427. The molecule has 3 amide bonds. The van der Waals surface area contributed by atoms with Gasteiger partial charge in [0.2, 0.25) is 17.5 Å². The highest BCUT2D eigenvalue weighted by molar-refractivity contribution is 6.01. The fourth-order valence-corrected chi connectivity index (χ4v) is 8.42. The predicted molar refractivity (Wildman–Crippen MR) is 163 cm³/mol. The van der Waals surface area contributed by atoms with Gasteiger partial charge < -0.3 is 20.3 Å². The number of hydrogen-bond acceptors (Lipinski definition) is 6. The fourth-order valence-electron chi connectivity index (χ4n) is 8.42. The zero-order valence-electron chi connectivity index (χ0n) is 25.1. The molecule has 0 saturated carbocycles. The molecule has 228 valence electrons. The lowest BCUT2D eigenvalue weighted by Crippen LogP contribution is -2.72. The molecule has 10 nitrogen and oxygen atoms in total. The SMILES string of the molecule is C[C@H](c1ccccc1)[C@H]1C(=O)N2CCC[C@H]2[C@]2(O)O[C@@](C)(NC(=O)[C@@H]3C=C4c5cccc6[nH]cc(c56)C[C@H]4N(C)C3)C(=O)N12. The highest BCUT2D eigenvalue weighted by Gasteiger charge is 2.70. The number of benzene rings is 2. The third kappa shape index (κ3) is 3.74. The van der Waals surface area contributed by atoms with Crippen molar-refractivity contribution in [3.63, 3.8) is 0 Å². The van der Waals surface area contributed by atoms with Gasteiger partial charge >= 0.3 is 0 Å². The van der Waals surface area contributed by atoms with Crippen molar-refractivity contribution in [1.82, 2.24) is 25.0 Å². The van der Waals surface area contributed by atoms with E-state index in [9.17, 15) is 19.5 Å². The van der Waals surface area contributed by atoms with E-state index in [2.05, 4.69) is 33.5 Å². The number of aliphatic hydroxyl groups is 1. The monoisotopic (exact) mass is 595 g/mol. The normalized spacial score (nSPS) is 33.6. The van der Waals surface area contributed by atoms with Crippen molar-refractivity contribution in [2.24, 2.45) is 5.92 Å². The molecule has 3 saturated heterocycles. The summed E-state index contributed by atoms with van der Waals surface area (Å²) in [5, 5.41) is 16.2. The number of nitrogens with zero attached hydrogens (tertiary/aromatic N) is 3. The minimum absolute atomic E-state index is 0.141. The predicted octanol–water partition coefficient (Wildman–Crippen LogP) is 2.55. The van der Waals surface area contributed by atoms with Crippen LogP contribution in [0.3, 0.4) is 0 Å². The number of likely N-dealkylation sites (N-methyl/N-ethyl adjacent to an activating group) is 1. The molecule has 10 heteroatoms. The molecule has 3 aromatic rings. The van der Waals surface area contributed by atoms with E-state index in [4.69, 9.17) is 4.74 Å². The highest BCUT2D eigenvalue weighted by Crippen LogP contribution is 2.48. The molecule has 0 unspecified atom stereocenters. The van der Waals surface area contributed by atoms with Crippen LogP contribution in [-0.2, 0) is 25.5 Å². The molecular weight excluding hydrogens is 558 g/mol. The van der Waals surface area contributed by atoms with Crippen LogP contribution < -0.4 is 5.32 Å². The Bertz CT molecular complexity index is 1740. The van der Waals surface area contributed by atoms with Gasteiger partial charge in [-0.05, 0) is 61.6 Å². The van der Waals surface area contributed by atoms with Gasteiger partial charge in [0.1, 0.15) is 12.1 Å². The van der Waals surface area contributed by atoms with Crippen molar-refractivity contribution in [3.05, 3.63) is 77.5 Å². The van der Waals surface area contributed by atoms with Crippen molar-refractivity contribution < 1.29 is 24.2 Å². The average Bonchev–Trinajstić information content (AvgIpc) is 3.72. The summed E-state index contributed by atoms with van der Waals surface area (Å²) in [4.78, 5) is 50.7. The standard InChI is InChI=1S/C34H37N5O5/c1-19(20-9-5-4-6-10-20)29-31(41)38-14-8-13-27(38)34(43)39(29)32(42)33(2,44-34)36-30(40)22-15-24-23-11-7-12-25-28(23)21(17-35-25)16-26(24)37(3)18-22/h4-7,9-12,15,17,19,22,26-27,29,35,43H,8,13-14,16,18H2,1-3H3,(H,36,40)/t19-,22-,26-,27+,29+,33-,34+/m1/s1. The van der Waals surface area contributed by atoms with Gasteiger partial charge in [-0.15, -0.1) is 0 Å². The maximum atomic E-state index is 14.3. The number of H-pyrrole nitrogens is 1. The minimum atomic E-state index is -2.06. The van der Waals surface area contributed by atoms with Crippen LogP contribution in [0.5, 0.6) is 0 Å². The summed E-state index contributed by atoms with van der Waals surface area (Å²) in [6.45, 7) is 4.33. The smallest absolute Gasteiger partial charge is 0.280 e. The molecular formula is C34H37N5O5. The van der Waals surface area contributed by atoms with Crippen molar-refractivity contribution in [3.8, 4) is 0 Å². The van der Waals surface area contributed by atoms with Crippen LogP contribution in [0.4, 0.5) is 0 Å². The number of aromatic amines is 1. The highest BCUT2D eigenvalue weighted by atomic mass is 16.7. The van der Waals surface area contributed by atoms with E-state index >= 15 is 0 Å². The third-order valence-corrected chi connectivity index (χ3v) is 10.6. The largest absolute Gasteiger partial charge is 0.361 e. The number of ether oxygens (including phenoxy) is 1. The second-order valence-electron chi connectivity index (χ2n) is 13.2. The zero-order chi connectivity index (χ0) is 30.5. The van der Waals surface area contributed by atoms with Crippen molar-refractivity contribution in [2.75, 3.05) is 20.1 Å². The molecule has 4 aliphatic heterocycles. The van der Waals surface area contributed by atoms with E-state index in [-0.39, 0.29) is 17.9 Å². The summed E-state index contributed by atoms with van der Waals surface area (Å²) < 4.78 is 6.28. The number of piperazine rings is 1. The number of amides is 3. The van der Waals surface area contributed by atoms with E-state index in [0.29, 0.717) is 25.9 Å². The number of rotatable bonds is 4. The number of aromatic nitrogens is 1. The van der Waals surface area contributed by atoms with Gasteiger partial charge in [-0.25, -0.2) is 0 Å². The molecule has 0 spiro atoms. The molecule has 5 heterocycles. The molecule has 0 radical (unpaired) electrons. The summed E-state index contributed by atoms with van der Waals surface area (Å²) >= 11 is 0. The average molecular weight is 596 g/mol. The number of carbonyl (C=O) groups is 3. The second-order valence-corrected chi connectivity index (χ2v) is 13.2. The van der Waals surface area contributed by atoms with Crippen LogP contribution in [0, 0.1) is 5.92 Å². The van der Waals surface area contributed by atoms with E-state index < -0.39 is 41.5 Å². The van der Waals surface area contributed by atoms with E-state index in [0.717, 1.165) is 28.6 Å². The summed E-state index contributed by atoms with van der Waals surface area (Å²) in [6, 6.07) is 14.1. The molecule has 8 rings (SSSR count). The summed E-state index contributed by atoms with van der Waals surface area (Å²) in [5.74, 6) is -4.21. The molecule has 7 atom stereocenters. The molecule has 2 aromatic carbocycles. The lowest BCUT2D eigenvalue weighted by Gasteiger charge is -2.50. The second kappa shape index (κ2) is 9.50. The summed E-state index contributed by atoms with van der Waals surface area (Å²) in [5.41, 5.74) is 3.57. The van der Waals surface area contributed by atoms with Crippen LogP contribution >= 0.6 is 0 Å². The third-order valence-electron chi connectivity index (χ3n) is 10.6. The first-order valence-electron chi connectivity index (χ1n) is 15.6. The van der Waals surface area contributed by atoms with Gasteiger partial charge in [-0.1, -0.05) is 55.5 Å². The molecule has 0 bridgehead atoms. The van der Waals surface area contributed by atoms with Crippen LogP contribution in [0.15, 0.2) is 60.8 Å². The maximum Gasteiger partial charge on any atom is 0.280 e. The van der Waals surface area contributed by atoms with E-state index in [1.807, 2.05) is 56.4 Å². The lowest BCUT2D eigenvalue weighted by atomic mass is 9.79. The maximum absolute atomic E-state index is 14.3. The molecule has 5 aliphatic rings. The van der Waals surface area contributed by atoms with Crippen LogP contribution in [0.1, 0.15) is 49.3 Å². The Morgan fingerprint density at radius 1 is 1.16 bits per heavy atom. The minimum Gasteiger partial charge on any atom is -0.361 e. The Balaban J connectivity index is 1.13. The molecule has 3 N–H and O–H groups in total. The van der Waals surface area contributed by atoms with Gasteiger partial charge in [0.25, 0.3) is 11.8 Å². The number of fused-ring (bicyclic) bond motifs is 5. The Hall–Kier alpha value is -3.99. The van der Waals surface area contributed by atoms with Crippen molar-refractivity contribution >= 4 is 34.2 Å². The Morgan fingerprint density at radius 2 is 1.95 bits per heavy atom. The Labute approximate surface area is 255 Å². The number of hydrogen-bond donors (Lipinski definition) is 3. The van der Waals surface area contributed by atoms with Crippen LogP contribution in [0.25, 0.3) is 16.5 Å². The van der Waals surface area contributed by atoms with Gasteiger partial charge in [-0.3, -0.25) is 28.9 Å². The Kier molecular flexibility index (Phi) is 5.95. The topological polar surface area (TPSA) is 118 Å². The van der Waals surface area contributed by atoms with Gasteiger partial charge in [0.15, 0.2) is 0 Å². The first-order chi connectivity index (χ1) is 21.1. The summed E-state index contributed by atoms with van der Waals surface area (Å²) in [6.07, 6.45) is 6.14. The molecule has 1 aliphatic carbocycles. The van der Waals surface area contributed by atoms with Gasteiger partial charge in [0, 0.05) is 42.1 Å². The lowest BCUT2D eigenvalue weighted by molar-refractivity contribution is -0.316. The van der Waals surface area contributed by atoms with Crippen LogP contribution in [0.2, 0.25) is 0 Å². The van der Waals surface area contributed by atoms with Gasteiger partial charge in [-0.2, -0.15) is 0 Å². The number of carbonyl (C=O) groups excluding carboxylic acids is 3. The van der Waals surface area contributed by atoms with E-state index in [1.165, 1.54) is 22.8 Å². The van der Waals surface area contributed by atoms with E-state index in [1.54, 1.807) is 4.90 Å². The van der Waals surface area contributed by atoms with Crippen molar-refractivity contribution in [1.29, 1.82) is 0 Å². The number of nitrogens with one attached hydrogen (secondary N) is 2. The first kappa shape index (κ1) is 27.6. The first-order valence-corrected chi connectivity index (χ1v) is 15.6. The van der Waals surface area contributed by atoms with Crippen molar-refractivity contribution in [2.45, 2.75) is 68.8 Å². The molecule has 3 fully saturated rings.